The van der Waals surface area contributed by atoms with Crippen LogP contribution in [0.5, 0.6) is 0 Å². The number of ether oxygens (including phenoxy) is 1. The van der Waals surface area contributed by atoms with E-state index in [0.29, 0.717) is 0 Å². The van der Waals surface area contributed by atoms with Crippen molar-refractivity contribution in [3.8, 4) is 0 Å². The van der Waals surface area contributed by atoms with Crippen LogP contribution in [0, 0.1) is 0 Å². The predicted octanol–water partition coefficient (Wildman–Crippen LogP) is 3.70. The average Bonchev–Trinajstić information content (AvgIpc) is 2.62. The number of carbonyl (C=O) groups is 2. The molecule has 2 amide bonds. The lowest BCUT2D eigenvalue weighted by atomic mass is 9.88. The van der Waals surface area contributed by atoms with Crippen molar-refractivity contribution in [1.82, 2.24) is 10.2 Å². The zero-order chi connectivity index (χ0) is 18.2. The molecule has 1 aliphatic rings. The van der Waals surface area contributed by atoms with E-state index in [-0.39, 0.29) is 36.5 Å². The first kappa shape index (κ1) is 19.6. The molecule has 2 rings (SSSR count). The molecule has 0 radical (unpaired) electrons. The second-order valence-electron chi connectivity index (χ2n) is 6.69. The second kappa shape index (κ2) is 9.66. The normalized spacial score (nSPS) is 20.2. The Hall–Kier alpha value is -1.75. The van der Waals surface area contributed by atoms with E-state index in [1.165, 1.54) is 0 Å². The van der Waals surface area contributed by atoms with Crippen molar-refractivity contribution in [3.63, 3.8) is 0 Å². The molecule has 1 fully saturated rings. The molecular formula is C19H27ClN2O3. The van der Waals surface area contributed by atoms with Gasteiger partial charge in [-0.15, -0.1) is 11.6 Å². The zero-order valence-electron chi connectivity index (χ0n) is 14.9. The molecule has 0 heterocycles. The molecule has 0 saturated heterocycles. The van der Waals surface area contributed by atoms with Gasteiger partial charge in [0.1, 0.15) is 12.5 Å². The van der Waals surface area contributed by atoms with Crippen molar-refractivity contribution >= 4 is 23.6 Å². The summed E-state index contributed by atoms with van der Waals surface area (Å²) in [5.74, 6) is -0.132. The molecule has 1 saturated carbocycles. The molecular weight excluding hydrogens is 340 g/mol. The van der Waals surface area contributed by atoms with Gasteiger partial charge < -0.3 is 15.0 Å². The quantitative estimate of drug-likeness (QED) is 0.781. The summed E-state index contributed by atoms with van der Waals surface area (Å²) in [5.41, 5.74) is 0.943. The molecule has 2 atom stereocenters. The molecule has 138 valence electrons. The lowest BCUT2D eigenvalue weighted by Crippen LogP contribution is -2.57. The van der Waals surface area contributed by atoms with E-state index in [2.05, 4.69) is 5.32 Å². The van der Waals surface area contributed by atoms with Crippen LogP contribution >= 0.6 is 11.6 Å². The summed E-state index contributed by atoms with van der Waals surface area (Å²) in [6.45, 7) is 4.19. The average molecular weight is 367 g/mol. The van der Waals surface area contributed by atoms with Crippen LogP contribution < -0.4 is 5.32 Å². The van der Waals surface area contributed by atoms with Gasteiger partial charge in [0.05, 0.1) is 12.1 Å². The van der Waals surface area contributed by atoms with Gasteiger partial charge in [-0.2, -0.15) is 0 Å². The Labute approximate surface area is 154 Å². The lowest BCUT2D eigenvalue weighted by molar-refractivity contribution is -0.134. The highest BCUT2D eigenvalue weighted by Crippen LogP contribution is 2.25. The van der Waals surface area contributed by atoms with Crippen molar-refractivity contribution in [3.05, 3.63) is 35.9 Å². The maximum absolute atomic E-state index is 12.2. The van der Waals surface area contributed by atoms with Crippen LogP contribution in [-0.2, 0) is 16.1 Å². The van der Waals surface area contributed by atoms with Gasteiger partial charge in [0.2, 0.25) is 5.91 Å². The van der Waals surface area contributed by atoms with Gasteiger partial charge in [-0.1, -0.05) is 43.2 Å². The monoisotopic (exact) mass is 366 g/mol. The molecule has 2 unspecified atom stereocenters. The smallest absolute Gasteiger partial charge is 0.407 e. The summed E-state index contributed by atoms with van der Waals surface area (Å²) in [4.78, 5) is 26.3. The van der Waals surface area contributed by atoms with Gasteiger partial charge in [-0.05, 0) is 32.3 Å². The first-order chi connectivity index (χ1) is 12.0. The Morgan fingerprint density at radius 1 is 1.24 bits per heavy atom. The third kappa shape index (κ3) is 5.63. The van der Waals surface area contributed by atoms with Crippen LogP contribution in [0.1, 0.15) is 45.1 Å². The highest BCUT2D eigenvalue weighted by atomic mass is 35.5. The molecule has 25 heavy (non-hydrogen) atoms. The first-order valence-electron chi connectivity index (χ1n) is 8.87. The number of nitrogens with zero attached hydrogens (tertiary/aromatic N) is 1. The number of halogens is 1. The fourth-order valence-electron chi connectivity index (χ4n) is 3.45. The van der Waals surface area contributed by atoms with Gasteiger partial charge >= 0.3 is 6.09 Å². The first-order valence-corrected chi connectivity index (χ1v) is 9.40. The molecule has 1 aliphatic carbocycles. The summed E-state index contributed by atoms with van der Waals surface area (Å²) >= 11 is 5.78. The number of amides is 2. The number of benzene rings is 1. The summed E-state index contributed by atoms with van der Waals surface area (Å²) in [5, 5.41) is 2.96. The van der Waals surface area contributed by atoms with Crippen LogP contribution in [0.4, 0.5) is 4.79 Å². The van der Waals surface area contributed by atoms with Gasteiger partial charge in [-0.3, -0.25) is 4.79 Å². The van der Waals surface area contributed by atoms with E-state index in [1.54, 1.807) is 0 Å². The maximum atomic E-state index is 12.2. The highest BCUT2D eigenvalue weighted by Gasteiger charge is 2.35. The fourth-order valence-corrected chi connectivity index (χ4v) is 3.59. The van der Waals surface area contributed by atoms with Gasteiger partial charge in [0.25, 0.3) is 0 Å². The molecule has 0 aromatic heterocycles. The SMILES string of the molecule is CC(C)N(C(=O)CCl)C1CCCCC1NC(=O)OCc1ccccc1. The molecule has 1 N–H and O–H groups in total. The van der Waals surface area contributed by atoms with E-state index >= 15 is 0 Å². The van der Waals surface area contributed by atoms with E-state index in [4.69, 9.17) is 16.3 Å². The molecule has 0 spiro atoms. The molecule has 0 bridgehead atoms. The van der Waals surface area contributed by atoms with E-state index < -0.39 is 6.09 Å². The highest BCUT2D eigenvalue weighted by molar-refractivity contribution is 6.27. The number of alkyl carbamates (subject to hydrolysis) is 1. The van der Waals surface area contributed by atoms with Gasteiger partial charge in [-0.25, -0.2) is 4.79 Å². The third-order valence-corrected chi connectivity index (χ3v) is 4.79. The number of carbonyl (C=O) groups excluding carboxylic acids is 2. The van der Waals surface area contributed by atoms with E-state index in [1.807, 2.05) is 49.1 Å². The van der Waals surface area contributed by atoms with Crippen LogP contribution in [0.3, 0.4) is 0 Å². The van der Waals surface area contributed by atoms with Crippen LogP contribution in [0.2, 0.25) is 0 Å². The van der Waals surface area contributed by atoms with Gasteiger partial charge in [0, 0.05) is 6.04 Å². The minimum Gasteiger partial charge on any atom is -0.445 e. The number of rotatable bonds is 6. The topological polar surface area (TPSA) is 58.6 Å². The summed E-state index contributed by atoms with van der Waals surface area (Å²) in [6.07, 6.45) is 3.33. The summed E-state index contributed by atoms with van der Waals surface area (Å²) in [7, 11) is 0. The molecule has 6 heteroatoms. The third-order valence-electron chi connectivity index (χ3n) is 4.56. The number of alkyl halides is 1. The number of nitrogens with one attached hydrogen (secondary N) is 1. The van der Waals surface area contributed by atoms with Gasteiger partial charge in [0.15, 0.2) is 0 Å². The maximum Gasteiger partial charge on any atom is 0.407 e. The number of hydrogen-bond acceptors (Lipinski definition) is 3. The molecule has 1 aromatic rings. The largest absolute Gasteiger partial charge is 0.445 e. The number of hydrogen-bond donors (Lipinski definition) is 1. The lowest BCUT2D eigenvalue weighted by Gasteiger charge is -2.42. The fraction of sp³-hybridized carbons (Fsp3) is 0.579. The Kier molecular flexibility index (Phi) is 7.56. The van der Waals surface area contributed by atoms with Crippen molar-refractivity contribution in [2.24, 2.45) is 0 Å². The van der Waals surface area contributed by atoms with Crippen molar-refractivity contribution in [1.29, 1.82) is 0 Å². The second-order valence-corrected chi connectivity index (χ2v) is 6.96. The molecule has 1 aromatic carbocycles. The predicted molar refractivity (Wildman–Crippen MR) is 98.5 cm³/mol. The van der Waals surface area contributed by atoms with Crippen molar-refractivity contribution in [2.75, 3.05) is 5.88 Å². The Morgan fingerprint density at radius 2 is 1.92 bits per heavy atom. The van der Waals surface area contributed by atoms with Crippen molar-refractivity contribution < 1.29 is 14.3 Å². The van der Waals surface area contributed by atoms with Crippen molar-refractivity contribution in [2.45, 2.75) is 64.3 Å². The summed E-state index contributed by atoms with van der Waals surface area (Å²) < 4.78 is 5.33. The minimum absolute atomic E-state index is 0.0377. The van der Waals surface area contributed by atoms with E-state index in [9.17, 15) is 9.59 Å². The zero-order valence-corrected chi connectivity index (χ0v) is 15.7. The van der Waals surface area contributed by atoms with Crippen LogP contribution in [0.25, 0.3) is 0 Å². The minimum atomic E-state index is -0.442. The van der Waals surface area contributed by atoms with Crippen LogP contribution in [-0.4, -0.2) is 40.9 Å². The Morgan fingerprint density at radius 3 is 2.56 bits per heavy atom. The molecule has 5 nitrogen and oxygen atoms in total. The standard InChI is InChI=1S/C19H27ClN2O3/c1-14(2)22(18(23)12-20)17-11-7-6-10-16(17)21-19(24)25-13-15-8-4-3-5-9-15/h3-5,8-9,14,16-17H,6-7,10-13H2,1-2H3,(H,21,24). The van der Waals surface area contributed by atoms with E-state index in [0.717, 1.165) is 31.2 Å². The van der Waals surface area contributed by atoms with Crippen LogP contribution in [0.15, 0.2) is 30.3 Å². The Balaban J connectivity index is 1.97. The summed E-state index contributed by atoms with van der Waals surface area (Å²) in [6, 6.07) is 9.46. The molecule has 0 aliphatic heterocycles. The Bertz CT molecular complexity index is 565.